The Kier molecular flexibility index (Phi) is 6.16. The second kappa shape index (κ2) is 8.97. The number of hydrogen-bond acceptors (Lipinski definition) is 3. The highest BCUT2D eigenvalue weighted by Gasteiger charge is 2.36. The highest BCUT2D eigenvalue weighted by molar-refractivity contribution is 6.27. The van der Waals surface area contributed by atoms with E-state index in [-0.39, 0.29) is 29.7 Å². The van der Waals surface area contributed by atoms with Crippen molar-refractivity contribution in [2.75, 3.05) is 25.6 Å². The van der Waals surface area contributed by atoms with Crippen LogP contribution in [0, 0.1) is 0 Å². The minimum absolute atomic E-state index is 0.0595. The first-order valence-electron chi connectivity index (χ1n) is 10.0. The van der Waals surface area contributed by atoms with Crippen LogP contribution in [0.4, 0.5) is 0 Å². The number of halogens is 1. The molecular weight excluding hydrogens is 388 g/mol. The standard InChI is InChI=1S/C23H25ClN2O3/c24-12-22(27)25-21-14-26(13-20(21)18-4-2-1-3-5-18)23(28)11-16-6-7-17-8-9-29-15-19(17)10-16/h1-7,10,20-21H,8-9,11-15H2,(H,25,27)/t20-,21+/m0/s1. The van der Waals surface area contributed by atoms with Crippen LogP contribution in [0.3, 0.4) is 0 Å². The molecule has 0 spiro atoms. The number of likely N-dealkylation sites (tertiary alicyclic amines) is 1. The lowest BCUT2D eigenvalue weighted by Crippen LogP contribution is -2.41. The molecule has 29 heavy (non-hydrogen) atoms. The van der Waals surface area contributed by atoms with Crippen molar-refractivity contribution < 1.29 is 14.3 Å². The van der Waals surface area contributed by atoms with Gasteiger partial charge in [-0.25, -0.2) is 0 Å². The number of carbonyl (C=O) groups excluding carboxylic acids is 2. The molecule has 4 rings (SSSR count). The number of nitrogens with one attached hydrogen (secondary N) is 1. The molecule has 0 aliphatic carbocycles. The first-order chi connectivity index (χ1) is 14.1. The normalized spacial score (nSPS) is 20.9. The number of carbonyl (C=O) groups is 2. The zero-order valence-electron chi connectivity index (χ0n) is 16.3. The van der Waals surface area contributed by atoms with Crippen LogP contribution in [0.1, 0.15) is 28.2 Å². The summed E-state index contributed by atoms with van der Waals surface area (Å²) in [6.07, 6.45) is 1.28. The van der Waals surface area contributed by atoms with Crippen LogP contribution in [0.2, 0.25) is 0 Å². The van der Waals surface area contributed by atoms with Crippen LogP contribution in [-0.2, 0) is 33.8 Å². The molecule has 0 unspecified atom stereocenters. The Morgan fingerprint density at radius 2 is 1.93 bits per heavy atom. The smallest absolute Gasteiger partial charge is 0.235 e. The third-order valence-electron chi connectivity index (χ3n) is 5.77. The molecule has 0 bridgehead atoms. The van der Waals surface area contributed by atoms with Gasteiger partial charge in [-0.3, -0.25) is 9.59 Å². The van der Waals surface area contributed by atoms with Gasteiger partial charge >= 0.3 is 0 Å². The lowest BCUT2D eigenvalue weighted by Gasteiger charge is -2.19. The van der Waals surface area contributed by atoms with E-state index in [1.807, 2.05) is 41.3 Å². The molecule has 1 N–H and O–H groups in total. The van der Waals surface area contributed by atoms with Gasteiger partial charge in [-0.1, -0.05) is 48.5 Å². The van der Waals surface area contributed by atoms with E-state index >= 15 is 0 Å². The summed E-state index contributed by atoms with van der Waals surface area (Å²) in [7, 11) is 0. The van der Waals surface area contributed by atoms with E-state index in [0.29, 0.717) is 26.1 Å². The number of benzene rings is 2. The summed E-state index contributed by atoms with van der Waals surface area (Å²) in [6.45, 7) is 2.46. The molecule has 1 fully saturated rings. The van der Waals surface area contributed by atoms with Gasteiger partial charge in [0.1, 0.15) is 5.88 Å². The summed E-state index contributed by atoms with van der Waals surface area (Å²) < 4.78 is 5.53. The average molecular weight is 413 g/mol. The maximum Gasteiger partial charge on any atom is 0.235 e. The molecule has 2 aliphatic heterocycles. The van der Waals surface area contributed by atoms with Crippen molar-refractivity contribution in [1.29, 1.82) is 0 Å². The maximum atomic E-state index is 13.0. The van der Waals surface area contributed by atoms with Gasteiger partial charge in [-0.2, -0.15) is 0 Å². The minimum Gasteiger partial charge on any atom is -0.376 e. The van der Waals surface area contributed by atoms with Gasteiger partial charge < -0.3 is 15.0 Å². The predicted molar refractivity (Wildman–Crippen MR) is 112 cm³/mol. The van der Waals surface area contributed by atoms with Crippen LogP contribution >= 0.6 is 11.6 Å². The Labute approximate surface area is 176 Å². The predicted octanol–water partition coefficient (Wildman–Crippen LogP) is 2.65. The molecule has 2 heterocycles. The molecular formula is C23H25ClN2O3. The first kappa shape index (κ1) is 19.9. The summed E-state index contributed by atoms with van der Waals surface area (Å²) >= 11 is 5.69. The summed E-state index contributed by atoms with van der Waals surface area (Å²) in [5.41, 5.74) is 4.61. The van der Waals surface area contributed by atoms with Crippen molar-refractivity contribution in [2.45, 2.75) is 31.4 Å². The monoisotopic (exact) mass is 412 g/mol. The fourth-order valence-corrected chi connectivity index (χ4v) is 4.33. The van der Waals surface area contributed by atoms with Gasteiger partial charge in [0.05, 0.1) is 25.7 Å². The minimum atomic E-state index is -0.207. The van der Waals surface area contributed by atoms with Crippen molar-refractivity contribution in [3.8, 4) is 0 Å². The summed E-state index contributed by atoms with van der Waals surface area (Å²) in [4.78, 5) is 26.8. The van der Waals surface area contributed by atoms with Gasteiger partial charge in [0.25, 0.3) is 0 Å². The van der Waals surface area contributed by atoms with Crippen LogP contribution in [0.25, 0.3) is 0 Å². The molecule has 5 nitrogen and oxygen atoms in total. The van der Waals surface area contributed by atoms with E-state index in [4.69, 9.17) is 16.3 Å². The molecule has 2 amide bonds. The number of amides is 2. The number of ether oxygens (including phenoxy) is 1. The fraction of sp³-hybridized carbons (Fsp3) is 0.391. The summed E-state index contributed by atoms with van der Waals surface area (Å²) in [6, 6.07) is 16.1. The first-order valence-corrected chi connectivity index (χ1v) is 10.5. The number of alkyl halides is 1. The SMILES string of the molecule is O=C(CCl)N[C@@H]1CN(C(=O)Cc2ccc3c(c2)COCC3)C[C@H]1c1ccccc1. The van der Waals surface area contributed by atoms with Crippen molar-refractivity contribution in [3.63, 3.8) is 0 Å². The quantitative estimate of drug-likeness (QED) is 0.768. The van der Waals surface area contributed by atoms with Crippen LogP contribution in [-0.4, -0.2) is 48.3 Å². The van der Waals surface area contributed by atoms with E-state index in [0.717, 1.165) is 24.2 Å². The highest BCUT2D eigenvalue weighted by atomic mass is 35.5. The molecule has 2 atom stereocenters. The van der Waals surface area contributed by atoms with Crippen molar-refractivity contribution in [3.05, 3.63) is 70.8 Å². The number of fused-ring (bicyclic) bond motifs is 1. The largest absolute Gasteiger partial charge is 0.376 e. The van der Waals surface area contributed by atoms with Crippen LogP contribution in [0.5, 0.6) is 0 Å². The Hall–Kier alpha value is -2.37. The third-order valence-corrected chi connectivity index (χ3v) is 6.01. The number of hydrogen-bond donors (Lipinski definition) is 1. The van der Waals surface area contributed by atoms with E-state index < -0.39 is 0 Å². The molecule has 2 aliphatic rings. The van der Waals surface area contributed by atoms with Gasteiger partial charge in [0.2, 0.25) is 11.8 Å². The van der Waals surface area contributed by atoms with Gasteiger partial charge in [0, 0.05) is 19.0 Å². The Morgan fingerprint density at radius 1 is 1.10 bits per heavy atom. The molecule has 6 heteroatoms. The Balaban J connectivity index is 1.47. The second-order valence-electron chi connectivity index (χ2n) is 7.71. The van der Waals surface area contributed by atoms with Crippen molar-refractivity contribution in [1.82, 2.24) is 10.2 Å². The zero-order chi connectivity index (χ0) is 20.2. The molecule has 1 saturated heterocycles. The molecule has 0 saturated carbocycles. The van der Waals surface area contributed by atoms with E-state index in [2.05, 4.69) is 17.4 Å². The molecule has 152 valence electrons. The van der Waals surface area contributed by atoms with Gasteiger partial charge in [-0.05, 0) is 28.7 Å². The molecule has 2 aromatic carbocycles. The summed E-state index contributed by atoms with van der Waals surface area (Å²) in [5, 5.41) is 2.99. The second-order valence-corrected chi connectivity index (χ2v) is 7.97. The Bertz CT molecular complexity index is 887. The number of nitrogens with zero attached hydrogens (tertiary/aromatic N) is 1. The fourth-order valence-electron chi connectivity index (χ4n) is 4.26. The zero-order valence-corrected chi connectivity index (χ0v) is 17.0. The average Bonchev–Trinajstić information content (AvgIpc) is 3.18. The molecule has 0 radical (unpaired) electrons. The van der Waals surface area contributed by atoms with E-state index in [9.17, 15) is 9.59 Å². The van der Waals surface area contributed by atoms with Crippen LogP contribution in [0.15, 0.2) is 48.5 Å². The topological polar surface area (TPSA) is 58.6 Å². The van der Waals surface area contributed by atoms with E-state index in [1.54, 1.807) is 0 Å². The number of rotatable bonds is 5. The molecule has 0 aromatic heterocycles. The highest BCUT2D eigenvalue weighted by Crippen LogP contribution is 2.28. The Morgan fingerprint density at radius 3 is 2.72 bits per heavy atom. The summed E-state index contributed by atoms with van der Waals surface area (Å²) in [5.74, 6) is -0.153. The van der Waals surface area contributed by atoms with Gasteiger partial charge in [0.15, 0.2) is 0 Å². The lowest BCUT2D eigenvalue weighted by molar-refractivity contribution is -0.129. The van der Waals surface area contributed by atoms with Crippen LogP contribution < -0.4 is 5.32 Å². The van der Waals surface area contributed by atoms with Gasteiger partial charge in [-0.15, -0.1) is 11.6 Å². The molecule has 2 aromatic rings. The van der Waals surface area contributed by atoms with E-state index in [1.165, 1.54) is 11.1 Å². The van der Waals surface area contributed by atoms with Crippen molar-refractivity contribution in [2.24, 2.45) is 0 Å². The third kappa shape index (κ3) is 4.62. The maximum absolute atomic E-state index is 13.0. The van der Waals surface area contributed by atoms with Crippen molar-refractivity contribution >= 4 is 23.4 Å². The lowest BCUT2D eigenvalue weighted by atomic mass is 9.94.